The van der Waals surface area contributed by atoms with Crippen LogP contribution in [0.15, 0.2) is 0 Å². The highest BCUT2D eigenvalue weighted by Crippen LogP contribution is 2.68. The summed E-state index contributed by atoms with van der Waals surface area (Å²) in [5.74, 6) is -3.74. The molecule has 46 heavy (non-hydrogen) atoms. The van der Waals surface area contributed by atoms with Gasteiger partial charge >= 0.3 is 5.97 Å². The average Bonchev–Trinajstić information content (AvgIpc) is 3.37. The Morgan fingerprint density at radius 2 is 1.80 bits per heavy atom. The zero-order valence-corrected chi connectivity index (χ0v) is 27.4. The predicted octanol–water partition coefficient (Wildman–Crippen LogP) is 1.31. The Bertz CT molecular complexity index is 1460. The van der Waals surface area contributed by atoms with Crippen LogP contribution in [0.5, 0.6) is 0 Å². The SMILES string of the molecule is [2H]C1([2H])C[C@]2(C)C3C[C@H](O)[C@]4(C)[C@@H]([C@H](C)CCC(=O)NCCS(=O)(=O)O)CC[C@H]4C3CC[C@@H]2C([2H])([2H])[C@]1([2H])OC1O[C@@H](C(=O)O)[C@H](O)[C@@H](O)[C@@H]1O. The molecular formula is C32H53NO12S. The van der Waals surface area contributed by atoms with E-state index < -0.39 is 94.2 Å². The topological polar surface area (TPSA) is 220 Å². The summed E-state index contributed by atoms with van der Waals surface area (Å²) in [7, 11) is -4.20. The van der Waals surface area contributed by atoms with Gasteiger partial charge in [0.2, 0.25) is 5.91 Å². The maximum Gasteiger partial charge on any atom is 0.335 e. The van der Waals surface area contributed by atoms with E-state index in [1.165, 1.54) is 0 Å². The van der Waals surface area contributed by atoms with Crippen LogP contribution in [0.3, 0.4) is 0 Å². The molecule has 0 radical (unpaired) electrons. The van der Waals surface area contributed by atoms with E-state index in [0.717, 1.165) is 12.8 Å². The van der Waals surface area contributed by atoms with Gasteiger partial charge in [-0.3, -0.25) is 9.35 Å². The standard InChI is InChI=1S/C32H53NO12S/c1-16(4-9-24(35)33-12-13-46(41,42)43)20-7-8-21-19-6-5-17-14-18(10-11-31(17,2)22(19)15-23(34)32(20,21)3)44-30-27(38)25(36)26(37)28(45-30)29(39)40/h16-23,25-28,30,34,36-38H,4-15H2,1-3H3,(H,33,35)(H,39,40)(H,41,42,43)/t16-,17-,18-,19?,20-,21+,22?,23+,25-,26-,27+,28-,30?,31+,32-/m1/s1/i10D2,14D2,18D. The van der Waals surface area contributed by atoms with Crippen molar-refractivity contribution in [3.05, 3.63) is 0 Å². The highest BCUT2D eigenvalue weighted by atomic mass is 32.2. The molecule has 7 N–H and O–H groups in total. The molecule has 0 aromatic rings. The molecule has 5 aliphatic rings. The first-order valence-corrected chi connectivity index (χ1v) is 17.9. The van der Waals surface area contributed by atoms with Crippen molar-refractivity contribution in [3.63, 3.8) is 0 Å². The lowest BCUT2D eigenvalue weighted by Gasteiger charge is -2.62. The summed E-state index contributed by atoms with van der Waals surface area (Å²) in [6.07, 6.45) is -16.8. The number of aliphatic hydroxyl groups excluding tert-OH is 4. The van der Waals surface area contributed by atoms with Gasteiger partial charge in [-0.05, 0) is 104 Å². The molecule has 0 bridgehead atoms. The number of carbonyl (C=O) groups is 2. The second kappa shape index (κ2) is 13.5. The number of aliphatic hydroxyl groups is 4. The quantitative estimate of drug-likeness (QED) is 0.128. The number of amides is 1. The lowest BCUT2D eigenvalue weighted by atomic mass is 9.43. The van der Waals surface area contributed by atoms with Gasteiger partial charge in [0, 0.05) is 18.4 Å². The minimum atomic E-state index is -4.20. The first-order valence-electron chi connectivity index (χ1n) is 18.8. The maximum absolute atomic E-state index is 12.4. The second-order valence-electron chi connectivity index (χ2n) is 14.6. The molecule has 5 rings (SSSR count). The summed E-state index contributed by atoms with van der Waals surface area (Å²) in [4.78, 5) is 24.1. The molecule has 4 aliphatic carbocycles. The summed E-state index contributed by atoms with van der Waals surface area (Å²) in [5, 5.41) is 54.9. The summed E-state index contributed by atoms with van der Waals surface area (Å²) >= 11 is 0. The van der Waals surface area contributed by atoms with E-state index in [2.05, 4.69) is 12.2 Å². The van der Waals surface area contributed by atoms with Crippen molar-refractivity contribution in [1.29, 1.82) is 0 Å². The van der Waals surface area contributed by atoms with Crippen molar-refractivity contribution in [3.8, 4) is 0 Å². The predicted molar refractivity (Wildman–Crippen MR) is 164 cm³/mol. The lowest BCUT2D eigenvalue weighted by Crippen LogP contribution is -2.61. The van der Waals surface area contributed by atoms with E-state index in [1.54, 1.807) is 6.92 Å². The number of rotatable bonds is 10. The van der Waals surface area contributed by atoms with Crippen LogP contribution >= 0.6 is 0 Å². The van der Waals surface area contributed by atoms with Crippen LogP contribution in [0.1, 0.15) is 91.7 Å². The molecule has 0 spiro atoms. The number of nitrogens with one attached hydrogen (secondary N) is 1. The molecule has 14 heteroatoms. The molecule has 1 saturated heterocycles. The monoisotopic (exact) mass is 680 g/mol. The normalized spacial score (nSPS) is 51.8. The Labute approximate surface area is 278 Å². The fourth-order valence-corrected chi connectivity index (χ4v) is 10.0. The zero-order valence-electron chi connectivity index (χ0n) is 31.5. The molecule has 1 heterocycles. The summed E-state index contributed by atoms with van der Waals surface area (Å²) < 4.78 is 87.6. The first-order chi connectivity index (χ1) is 23.3. The fourth-order valence-electron chi connectivity index (χ4n) is 9.66. The molecule has 0 aromatic heterocycles. The van der Waals surface area contributed by atoms with E-state index in [-0.39, 0.29) is 67.7 Å². The number of fused-ring (bicyclic) bond motifs is 5. The van der Waals surface area contributed by atoms with Crippen molar-refractivity contribution in [1.82, 2.24) is 5.32 Å². The van der Waals surface area contributed by atoms with E-state index >= 15 is 0 Å². The second-order valence-corrected chi connectivity index (χ2v) is 16.2. The Balaban J connectivity index is 1.34. The average molecular weight is 681 g/mol. The van der Waals surface area contributed by atoms with Gasteiger partial charge in [0.1, 0.15) is 18.3 Å². The minimum Gasteiger partial charge on any atom is -0.479 e. The van der Waals surface area contributed by atoms with E-state index in [1.807, 2.05) is 6.92 Å². The van der Waals surface area contributed by atoms with Crippen LogP contribution in [0, 0.1) is 46.3 Å². The molecular weight excluding hydrogens is 622 g/mol. The van der Waals surface area contributed by atoms with Gasteiger partial charge in [0.15, 0.2) is 12.4 Å². The van der Waals surface area contributed by atoms with Gasteiger partial charge in [-0.2, -0.15) is 8.42 Å². The van der Waals surface area contributed by atoms with Crippen LogP contribution in [0.2, 0.25) is 0 Å². The lowest BCUT2D eigenvalue weighted by molar-refractivity contribution is -0.310. The third-order valence-corrected chi connectivity index (χ3v) is 12.9. The maximum atomic E-state index is 12.4. The molecule has 4 saturated carbocycles. The molecule has 1 aliphatic heterocycles. The molecule has 13 nitrogen and oxygen atoms in total. The molecule has 1 amide bonds. The molecule has 5 fully saturated rings. The number of carboxylic acids is 1. The van der Waals surface area contributed by atoms with Crippen LogP contribution in [-0.2, 0) is 29.2 Å². The van der Waals surface area contributed by atoms with E-state index in [9.17, 15) is 47.7 Å². The molecule has 0 aromatic carbocycles. The minimum absolute atomic E-state index is 0.0165. The number of hydrogen-bond acceptors (Lipinski definition) is 10. The fraction of sp³-hybridized carbons (Fsp3) is 0.938. The van der Waals surface area contributed by atoms with Gasteiger partial charge in [0.25, 0.3) is 10.1 Å². The Kier molecular flexibility index (Phi) is 8.66. The van der Waals surface area contributed by atoms with Gasteiger partial charge in [-0.1, -0.05) is 20.8 Å². The van der Waals surface area contributed by atoms with Gasteiger partial charge < -0.3 is 40.3 Å². The Morgan fingerprint density at radius 1 is 1.09 bits per heavy atom. The molecule has 264 valence electrons. The van der Waals surface area contributed by atoms with Crippen LogP contribution < -0.4 is 5.32 Å². The number of aliphatic carboxylic acids is 1. The zero-order chi connectivity index (χ0) is 38.3. The first kappa shape index (κ1) is 29.5. The number of carboxylic acid groups (broad SMARTS) is 1. The Hall–Kier alpha value is -1.39. The smallest absolute Gasteiger partial charge is 0.335 e. The molecule has 15 atom stereocenters. The van der Waals surface area contributed by atoms with Crippen molar-refractivity contribution < 1.29 is 64.4 Å². The van der Waals surface area contributed by atoms with Crippen LogP contribution in [0.25, 0.3) is 0 Å². The van der Waals surface area contributed by atoms with Gasteiger partial charge in [0.05, 0.1) is 19.3 Å². The van der Waals surface area contributed by atoms with Crippen molar-refractivity contribution in [2.45, 2.75) is 128 Å². The van der Waals surface area contributed by atoms with Crippen molar-refractivity contribution in [2.24, 2.45) is 46.3 Å². The summed E-state index contributed by atoms with van der Waals surface area (Å²) in [6.45, 7) is 5.71. The summed E-state index contributed by atoms with van der Waals surface area (Å²) in [5.41, 5.74) is -1.57. The van der Waals surface area contributed by atoms with Gasteiger partial charge in [-0.15, -0.1) is 0 Å². The van der Waals surface area contributed by atoms with Crippen LogP contribution in [0.4, 0.5) is 0 Å². The third-order valence-electron chi connectivity index (χ3n) is 12.2. The van der Waals surface area contributed by atoms with E-state index in [4.69, 9.17) is 16.8 Å². The number of ether oxygens (including phenoxy) is 2. The van der Waals surface area contributed by atoms with Crippen LogP contribution in [-0.4, -0.2) is 106 Å². The third kappa shape index (κ3) is 6.74. The van der Waals surface area contributed by atoms with Crippen molar-refractivity contribution in [2.75, 3.05) is 12.3 Å². The summed E-state index contributed by atoms with van der Waals surface area (Å²) in [6, 6.07) is 0. The van der Waals surface area contributed by atoms with Gasteiger partial charge in [-0.25, -0.2) is 4.79 Å². The van der Waals surface area contributed by atoms with E-state index in [0.29, 0.717) is 12.8 Å². The highest BCUT2D eigenvalue weighted by molar-refractivity contribution is 7.85. The largest absolute Gasteiger partial charge is 0.479 e. The number of carbonyl (C=O) groups excluding carboxylic acids is 1. The Morgan fingerprint density at radius 3 is 2.48 bits per heavy atom. The number of hydrogen-bond donors (Lipinski definition) is 7. The molecule has 3 unspecified atom stereocenters. The highest BCUT2D eigenvalue weighted by Gasteiger charge is 2.64. The van der Waals surface area contributed by atoms with Crippen molar-refractivity contribution >= 4 is 22.0 Å².